The zero-order valence-electron chi connectivity index (χ0n) is 11.9. The third-order valence-electron chi connectivity index (χ3n) is 3.05. The number of hydrogen-bond acceptors (Lipinski definition) is 3. The van der Waals surface area contributed by atoms with Crippen molar-refractivity contribution in [1.82, 2.24) is 5.32 Å². The second kappa shape index (κ2) is 12.3. The van der Waals surface area contributed by atoms with E-state index < -0.39 is 0 Å². The van der Waals surface area contributed by atoms with E-state index >= 15 is 0 Å². The van der Waals surface area contributed by atoms with Gasteiger partial charge >= 0.3 is 0 Å². The van der Waals surface area contributed by atoms with Gasteiger partial charge in [0.05, 0.1) is 12.7 Å². The summed E-state index contributed by atoms with van der Waals surface area (Å²) >= 11 is 0. The molecule has 0 rings (SSSR count). The molecule has 3 nitrogen and oxygen atoms in total. The zero-order chi connectivity index (χ0) is 12.9. The minimum Gasteiger partial charge on any atom is -0.395 e. The molecule has 0 aromatic heterocycles. The maximum Gasteiger partial charge on any atom is 0.0585 e. The molecular formula is C14H31NO2. The molecule has 0 radical (unpaired) electrons. The van der Waals surface area contributed by atoms with Crippen LogP contribution in [0.2, 0.25) is 0 Å². The van der Waals surface area contributed by atoms with E-state index in [1.54, 1.807) is 0 Å². The summed E-state index contributed by atoms with van der Waals surface area (Å²) in [5.41, 5.74) is 0. The summed E-state index contributed by atoms with van der Waals surface area (Å²) in [6.07, 6.45) is 7.62. The molecular weight excluding hydrogens is 214 g/mol. The van der Waals surface area contributed by atoms with E-state index in [9.17, 15) is 0 Å². The molecule has 0 saturated heterocycles. The molecule has 0 bridgehead atoms. The first kappa shape index (κ1) is 16.9. The van der Waals surface area contributed by atoms with Gasteiger partial charge in [0.2, 0.25) is 0 Å². The number of hydrogen-bond donors (Lipinski definition) is 2. The zero-order valence-corrected chi connectivity index (χ0v) is 11.9. The summed E-state index contributed by atoms with van der Waals surface area (Å²) in [5, 5.41) is 12.3. The van der Waals surface area contributed by atoms with Crippen LogP contribution in [0.4, 0.5) is 0 Å². The van der Waals surface area contributed by atoms with Gasteiger partial charge < -0.3 is 15.2 Å². The lowest BCUT2D eigenvalue weighted by atomic mass is 10.1. The molecule has 0 spiro atoms. The van der Waals surface area contributed by atoms with E-state index in [-0.39, 0.29) is 12.6 Å². The van der Waals surface area contributed by atoms with Crippen molar-refractivity contribution < 1.29 is 9.84 Å². The highest BCUT2D eigenvalue weighted by Crippen LogP contribution is 2.08. The molecule has 0 aliphatic heterocycles. The van der Waals surface area contributed by atoms with Crippen LogP contribution < -0.4 is 5.32 Å². The Kier molecular flexibility index (Phi) is 12.3. The van der Waals surface area contributed by atoms with Crippen LogP contribution >= 0.6 is 0 Å². The van der Waals surface area contributed by atoms with Crippen molar-refractivity contribution in [3.8, 4) is 0 Å². The van der Waals surface area contributed by atoms with Gasteiger partial charge in [0.25, 0.3) is 0 Å². The number of aliphatic hydroxyl groups excluding tert-OH is 1. The molecule has 0 heterocycles. The fourth-order valence-corrected chi connectivity index (χ4v) is 1.90. The summed E-state index contributed by atoms with van der Waals surface area (Å²) < 4.78 is 5.75. The lowest BCUT2D eigenvalue weighted by Crippen LogP contribution is -2.33. The van der Waals surface area contributed by atoms with Crippen LogP contribution in [0.25, 0.3) is 0 Å². The average Bonchev–Trinajstić information content (AvgIpc) is 2.33. The minimum absolute atomic E-state index is 0.187. The smallest absolute Gasteiger partial charge is 0.0585 e. The van der Waals surface area contributed by atoms with E-state index in [1.165, 1.54) is 25.7 Å². The number of rotatable bonds is 12. The van der Waals surface area contributed by atoms with Crippen LogP contribution in [-0.2, 0) is 4.74 Å². The highest BCUT2D eigenvalue weighted by atomic mass is 16.5. The Bertz CT molecular complexity index is 153. The summed E-state index contributed by atoms with van der Waals surface area (Å²) in [6.45, 7) is 8.27. The molecule has 104 valence electrons. The van der Waals surface area contributed by atoms with Crippen molar-refractivity contribution in [2.24, 2.45) is 0 Å². The molecule has 2 N–H and O–H groups in total. The van der Waals surface area contributed by atoms with Gasteiger partial charge in [-0.2, -0.15) is 0 Å². The first-order valence-corrected chi connectivity index (χ1v) is 7.20. The molecule has 3 heteroatoms. The van der Waals surface area contributed by atoms with Gasteiger partial charge in [-0.25, -0.2) is 0 Å². The quantitative estimate of drug-likeness (QED) is 0.519. The Morgan fingerprint density at radius 3 is 2.47 bits per heavy atom. The van der Waals surface area contributed by atoms with Gasteiger partial charge in [-0.05, 0) is 26.3 Å². The molecule has 2 unspecified atom stereocenters. The largest absolute Gasteiger partial charge is 0.395 e. The van der Waals surface area contributed by atoms with Gasteiger partial charge in [-0.15, -0.1) is 0 Å². The van der Waals surface area contributed by atoms with E-state index in [4.69, 9.17) is 9.84 Å². The van der Waals surface area contributed by atoms with Gasteiger partial charge in [-0.3, -0.25) is 0 Å². The van der Waals surface area contributed by atoms with E-state index in [0.29, 0.717) is 6.10 Å². The lowest BCUT2D eigenvalue weighted by Gasteiger charge is -2.17. The van der Waals surface area contributed by atoms with Crippen molar-refractivity contribution in [3.63, 3.8) is 0 Å². The fraction of sp³-hybridized carbons (Fsp3) is 1.00. The van der Waals surface area contributed by atoms with Gasteiger partial charge in [0.15, 0.2) is 0 Å². The SMILES string of the molecule is CCCCCCC(C)OCCC(CO)NCC. The predicted octanol–water partition coefficient (Wildman–Crippen LogP) is 2.72. The van der Waals surface area contributed by atoms with Crippen LogP contribution in [-0.4, -0.2) is 37.0 Å². The number of likely N-dealkylation sites (N-methyl/N-ethyl adjacent to an activating group) is 1. The van der Waals surface area contributed by atoms with Gasteiger partial charge in [0, 0.05) is 12.6 Å². The monoisotopic (exact) mass is 245 g/mol. The maximum atomic E-state index is 9.10. The third-order valence-corrected chi connectivity index (χ3v) is 3.05. The van der Waals surface area contributed by atoms with Gasteiger partial charge in [-0.1, -0.05) is 39.5 Å². The molecule has 2 atom stereocenters. The average molecular weight is 245 g/mol. The molecule has 0 aliphatic rings. The van der Waals surface area contributed by atoms with Crippen LogP contribution in [0.5, 0.6) is 0 Å². The molecule has 0 aromatic rings. The molecule has 0 fully saturated rings. The van der Waals surface area contributed by atoms with Crippen LogP contribution in [0, 0.1) is 0 Å². The summed E-state index contributed by atoms with van der Waals surface area (Å²) in [6, 6.07) is 0.187. The fourth-order valence-electron chi connectivity index (χ4n) is 1.90. The number of unbranched alkanes of at least 4 members (excludes halogenated alkanes) is 3. The maximum absolute atomic E-state index is 9.10. The van der Waals surface area contributed by atoms with Crippen LogP contribution in [0.3, 0.4) is 0 Å². The molecule has 0 saturated carbocycles. The summed E-state index contributed by atoms with van der Waals surface area (Å²) in [4.78, 5) is 0. The Labute approximate surface area is 107 Å². The van der Waals surface area contributed by atoms with Crippen molar-refractivity contribution >= 4 is 0 Å². The topological polar surface area (TPSA) is 41.5 Å². The van der Waals surface area contributed by atoms with Crippen LogP contribution in [0.1, 0.15) is 59.3 Å². The van der Waals surface area contributed by atoms with Gasteiger partial charge in [0.1, 0.15) is 0 Å². The van der Waals surface area contributed by atoms with Crippen molar-refractivity contribution in [2.45, 2.75) is 71.4 Å². The number of aliphatic hydroxyl groups is 1. The van der Waals surface area contributed by atoms with E-state index in [2.05, 4.69) is 26.1 Å². The molecule has 0 aromatic carbocycles. The predicted molar refractivity (Wildman–Crippen MR) is 73.3 cm³/mol. The molecule has 17 heavy (non-hydrogen) atoms. The molecule has 0 amide bonds. The Balaban J connectivity index is 3.39. The van der Waals surface area contributed by atoms with Crippen molar-refractivity contribution in [1.29, 1.82) is 0 Å². The lowest BCUT2D eigenvalue weighted by molar-refractivity contribution is 0.0483. The Morgan fingerprint density at radius 1 is 1.12 bits per heavy atom. The number of nitrogens with one attached hydrogen (secondary N) is 1. The minimum atomic E-state index is 0.187. The number of ether oxygens (including phenoxy) is 1. The second-order valence-corrected chi connectivity index (χ2v) is 4.76. The summed E-state index contributed by atoms with van der Waals surface area (Å²) in [5.74, 6) is 0. The first-order valence-electron chi connectivity index (χ1n) is 7.20. The van der Waals surface area contributed by atoms with E-state index in [0.717, 1.165) is 26.0 Å². The van der Waals surface area contributed by atoms with Crippen molar-refractivity contribution in [3.05, 3.63) is 0 Å². The highest BCUT2D eigenvalue weighted by molar-refractivity contribution is 4.64. The standard InChI is InChI=1S/C14H31NO2/c1-4-6-7-8-9-13(3)17-11-10-14(12-16)15-5-2/h13-16H,4-12H2,1-3H3. The normalized spacial score (nSPS) is 14.8. The second-order valence-electron chi connectivity index (χ2n) is 4.76. The van der Waals surface area contributed by atoms with Crippen LogP contribution in [0.15, 0.2) is 0 Å². The Morgan fingerprint density at radius 2 is 1.88 bits per heavy atom. The highest BCUT2D eigenvalue weighted by Gasteiger charge is 2.07. The third kappa shape index (κ3) is 10.7. The molecule has 0 aliphatic carbocycles. The van der Waals surface area contributed by atoms with E-state index in [1.807, 2.05) is 0 Å². The Hall–Kier alpha value is -0.120. The summed E-state index contributed by atoms with van der Waals surface area (Å²) in [7, 11) is 0. The van der Waals surface area contributed by atoms with Crippen molar-refractivity contribution in [2.75, 3.05) is 19.8 Å². The first-order chi connectivity index (χ1) is 8.24.